The molecule has 0 unspecified atom stereocenters. The van der Waals surface area contributed by atoms with Gasteiger partial charge in [0.2, 0.25) is 0 Å². The van der Waals surface area contributed by atoms with Crippen molar-refractivity contribution in [2.45, 2.75) is 13.5 Å². The van der Waals surface area contributed by atoms with Gasteiger partial charge in [-0.1, -0.05) is 0 Å². The zero-order chi connectivity index (χ0) is 9.97. The smallest absolute Gasteiger partial charge is 0.160 e. The zero-order valence-corrected chi connectivity index (χ0v) is 7.88. The van der Waals surface area contributed by atoms with E-state index in [9.17, 15) is 0 Å². The van der Waals surface area contributed by atoms with E-state index in [1.165, 1.54) is 6.33 Å². The summed E-state index contributed by atoms with van der Waals surface area (Å²) in [6.45, 7) is 2.78. The van der Waals surface area contributed by atoms with Gasteiger partial charge in [-0.15, -0.1) is 0 Å². The van der Waals surface area contributed by atoms with Crippen LogP contribution in [0.2, 0.25) is 0 Å². The van der Waals surface area contributed by atoms with Crippen molar-refractivity contribution in [1.82, 2.24) is 19.7 Å². The molecule has 5 heteroatoms. The molecule has 2 rings (SSSR count). The Hall–Kier alpha value is -1.91. The van der Waals surface area contributed by atoms with Crippen LogP contribution in [0.4, 0.5) is 5.69 Å². The molecule has 0 aromatic carbocycles. The van der Waals surface area contributed by atoms with Gasteiger partial charge in [0, 0.05) is 18.3 Å². The highest BCUT2D eigenvalue weighted by molar-refractivity contribution is 5.70. The standard InChI is InChI=1S/C9H11N5/c1-2-14-9(12-6-13-14)7-3-4-11-5-8(7)10/h3-6H,2,10H2,1H3. The van der Waals surface area contributed by atoms with Crippen LogP contribution in [0.5, 0.6) is 0 Å². The Bertz CT molecular complexity index is 434. The summed E-state index contributed by atoms with van der Waals surface area (Å²) in [5.74, 6) is 0.785. The second kappa shape index (κ2) is 3.45. The van der Waals surface area contributed by atoms with E-state index in [4.69, 9.17) is 5.73 Å². The van der Waals surface area contributed by atoms with Gasteiger partial charge < -0.3 is 5.73 Å². The molecule has 0 amide bonds. The predicted octanol–water partition coefficient (Wildman–Crippen LogP) is 0.942. The first-order chi connectivity index (χ1) is 6.83. The van der Waals surface area contributed by atoms with Crippen molar-refractivity contribution >= 4 is 5.69 Å². The Morgan fingerprint density at radius 1 is 1.50 bits per heavy atom. The van der Waals surface area contributed by atoms with Crippen molar-refractivity contribution in [3.05, 3.63) is 24.8 Å². The van der Waals surface area contributed by atoms with Gasteiger partial charge in [-0.05, 0) is 13.0 Å². The summed E-state index contributed by atoms with van der Waals surface area (Å²) in [4.78, 5) is 8.09. The third-order valence-corrected chi connectivity index (χ3v) is 2.01. The van der Waals surface area contributed by atoms with Crippen LogP contribution in [-0.2, 0) is 6.54 Å². The van der Waals surface area contributed by atoms with Gasteiger partial charge >= 0.3 is 0 Å². The fourth-order valence-corrected chi connectivity index (χ4v) is 1.31. The highest BCUT2D eigenvalue weighted by Gasteiger charge is 2.08. The number of nitrogens with two attached hydrogens (primary N) is 1. The molecule has 0 atom stereocenters. The third-order valence-electron chi connectivity index (χ3n) is 2.01. The molecule has 2 aromatic heterocycles. The summed E-state index contributed by atoms with van der Waals surface area (Å²) < 4.78 is 1.80. The Labute approximate surface area is 81.6 Å². The van der Waals surface area contributed by atoms with Gasteiger partial charge in [-0.25, -0.2) is 9.67 Å². The van der Waals surface area contributed by atoms with Crippen molar-refractivity contribution < 1.29 is 0 Å². The Morgan fingerprint density at radius 3 is 3.07 bits per heavy atom. The summed E-state index contributed by atoms with van der Waals surface area (Å²) in [5.41, 5.74) is 7.29. The maximum atomic E-state index is 5.79. The minimum atomic E-state index is 0.621. The number of aryl methyl sites for hydroxylation is 1. The van der Waals surface area contributed by atoms with E-state index >= 15 is 0 Å². The first-order valence-corrected chi connectivity index (χ1v) is 4.40. The van der Waals surface area contributed by atoms with E-state index in [0.29, 0.717) is 5.69 Å². The number of rotatable bonds is 2. The molecule has 0 aliphatic carbocycles. The number of pyridine rings is 1. The minimum Gasteiger partial charge on any atom is -0.397 e. The first kappa shape index (κ1) is 8.68. The topological polar surface area (TPSA) is 69.6 Å². The SMILES string of the molecule is CCn1ncnc1-c1ccncc1N. The highest BCUT2D eigenvalue weighted by atomic mass is 15.3. The van der Waals surface area contributed by atoms with Crippen LogP contribution in [0, 0.1) is 0 Å². The average Bonchev–Trinajstić information content (AvgIpc) is 2.66. The van der Waals surface area contributed by atoms with Gasteiger partial charge in [-0.3, -0.25) is 4.98 Å². The van der Waals surface area contributed by atoms with Crippen LogP contribution in [0.3, 0.4) is 0 Å². The average molecular weight is 189 g/mol. The zero-order valence-electron chi connectivity index (χ0n) is 7.88. The molecular formula is C9H11N5. The summed E-state index contributed by atoms with van der Waals surface area (Å²) in [7, 11) is 0. The molecule has 0 saturated carbocycles. The lowest BCUT2D eigenvalue weighted by Crippen LogP contribution is -2.01. The molecule has 0 fully saturated rings. The number of nitrogens with zero attached hydrogens (tertiary/aromatic N) is 4. The molecule has 0 saturated heterocycles. The van der Waals surface area contributed by atoms with E-state index in [1.54, 1.807) is 17.1 Å². The molecule has 72 valence electrons. The van der Waals surface area contributed by atoms with Crippen LogP contribution >= 0.6 is 0 Å². The van der Waals surface area contributed by atoms with Crippen LogP contribution in [0.15, 0.2) is 24.8 Å². The Balaban J connectivity index is 2.54. The van der Waals surface area contributed by atoms with E-state index in [-0.39, 0.29) is 0 Å². The molecular weight excluding hydrogens is 178 g/mol. The maximum Gasteiger partial charge on any atom is 0.160 e. The van der Waals surface area contributed by atoms with Crippen LogP contribution in [-0.4, -0.2) is 19.7 Å². The van der Waals surface area contributed by atoms with Gasteiger partial charge in [-0.2, -0.15) is 5.10 Å². The fourth-order valence-electron chi connectivity index (χ4n) is 1.31. The van der Waals surface area contributed by atoms with E-state index in [0.717, 1.165) is 17.9 Å². The first-order valence-electron chi connectivity index (χ1n) is 4.40. The van der Waals surface area contributed by atoms with Crippen LogP contribution in [0.1, 0.15) is 6.92 Å². The number of anilines is 1. The molecule has 0 aliphatic heterocycles. The second-order valence-electron chi connectivity index (χ2n) is 2.86. The van der Waals surface area contributed by atoms with Crippen molar-refractivity contribution in [3.63, 3.8) is 0 Å². The molecule has 0 bridgehead atoms. The van der Waals surface area contributed by atoms with Gasteiger partial charge in [0.1, 0.15) is 6.33 Å². The van der Waals surface area contributed by atoms with Crippen molar-refractivity contribution in [3.8, 4) is 11.4 Å². The van der Waals surface area contributed by atoms with Crippen molar-refractivity contribution in [1.29, 1.82) is 0 Å². The summed E-state index contributed by atoms with van der Waals surface area (Å²) in [6, 6.07) is 1.84. The summed E-state index contributed by atoms with van der Waals surface area (Å²) >= 11 is 0. The molecule has 2 N–H and O–H groups in total. The molecule has 2 aromatic rings. The molecule has 2 heterocycles. The fraction of sp³-hybridized carbons (Fsp3) is 0.222. The largest absolute Gasteiger partial charge is 0.397 e. The van der Waals surface area contributed by atoms with Crippen LogP contribution in [0.25, 0.3) is 11.4 Å². The lowest BCUT2D eigenvalue weighted by atomic mass is 10.2. The highest BCUT2D eigenvalue weighted by Crippen LogP contribution is 2.21. The maximum absolute atomic E-state index is 5.79. The Morgan fingerprint density at radius 2 is 2.36 bits per heavy atom. The number of aromatic nitrogens is 4. The summed E-state index contributed by atoms with van der Waals surface area (Å²) in [6.07, 6.45) is 4.84. The second-order valence-corrected chi connectivity index (χ2v) is 2.86. The van der Waals surface area contributed by atoms with Crippen molar-refractivity contribution in [2.75, 3.05) is 5.73 Å². The summed E-state index contributed by atoms with van der Waals surface area (Å²) in [5, 5.41) is 4.08. The van der Waals surface area contributed by atoms with E-state index < -0.39 is 0 Å². The molecule has 5 nitrogen and oxygen atoms in total. The monoisotopic (exact) mass is 189 g/mol. The van der Waals surface area contributed by atoms with Crippen LogP contribution < -0.4 is 5.73 Å². The molecule has 14 heavy (non-hydrogen) atoms. The minimum absolute atomic E-state index is 0.621. The number of hydrogen-bond acceptors (Lipinski definition) is 4. The predicted molar refractivity (Wildman–Crippen MR) is 53.3 cm³/mol. The molecule has 0 spiro atoms. The third kappa shape index (κ3) is 1.32. The Kier molecular flexibility index (Phi) is 2.14. The lowest BCUT2D eigenvalue weighted by Gasteiger charge is -2.04. The quantitative estimate of drug-likeness (QED) is 0.763. The normalized spacial score (nSPS) is 10.4. The van der Waals surface area contributed by atoms with Gasteiger partial charge in [0.05, 0.1) is 11.9 Å². The van der Waals surface area contributed by atoms with E-state index in [2.05, 4.69) is 15.1 Å². The number of nitrogen functional groups attached to an aromatic ring is 1. The lowest BCUT2D eigenvalue weighted by molar-refractivity contribution is 0.666. The van der Waals surface area contributed by atoms with E-state index in [1.807, 2.05) is 13.0 Å². The molecule has 0 aliphatic rings. The molecule has 0 radical (unpaired) electrons. The number of hydrogen-bond donors (Lipinski definition) is 1. The van der Waals surface area contributed by atoms with Gasteiger partial charge in [0.15, 0.2) is 5.82 Å². The van der Waals surface area contributed by atoms with Gasteiger partial charge in [0.25, 0.3) is 0 Å². The van der Waals surface area contributed by atoms with Crippen molar-refractivity contribution in [2.24, 2.45) is 0 Å².